The Balaban J connectivity index is 1.46. The normalized spacial score (nSPS) is 14.2. The van der Waals surface area contributed by atoms with Crippen molar-refractivity contribution in [2.75, 3.05) is 25.0 Å². The van der Waals surface area contributed by atoms with Crippen LogP contribution in [0.5, 0.6) is 11.5 Å². The van der Waals surface area contributed by atoms with E-state index in [0.717, 1.165) is 23.6 Å². The van der Waals surface area contributed by atoms with Crippen molar-refractivity contribution in [3.05, 3.63) is 78.1 Å². The monoisotopic (exact) mass is 489 g/mol. The van der Waals surface area contributed by atoms with Gasteiger partial charge in [-0.2, -0.15) is 0 Å². The molecule has 1 fully saturated rings. The fourth-order valence-electron chi connectivity index (χ4n) is 3.33. The van der Waals surface area contributed by atoms with Gasteiger partial charge in [0.05, 0.1) is 18.9 Å². The highest BCUT2D eigenvalue weighted by Crippen LogP contribution is 2.30. The molecule has 3 rings (SSSR count). The lowest BCUT2D eigenvalue weighted by Crippen LogP contribution is -2.24. The Bertz CT molecular complexity index is 1120. The van der Waals surface area contributed by atoms with E-state index in [-0.39, 0.29) is 29.9 Å². The summed E-state index contributed by atoms with van der Waals surface area (Å²) in [5.74, 6) is 2.41. The molecule has 1 unspecified atom stereocenters. The number of anilines is 1. The maximum absolute atomic E-state index is 12.4. The number of ketones is 1. The smallest absolute Gasteiger partial charge is 0.216 e. The Morgan fingerprint density at radius 2 is 1.83 bits per heavy atom. The van der Waals surface area contributed by atoms with Crippen LogP contribution in [0.2, 0.25) is 0 Å². The molecule has 190 valence electrons. The van der Waals surface area contributed by atoms with Gasteiger partial charge in [-0.05, 0) is 79.7 Å². The average molecular weight is 490 g/mol. The summed E-state index contributed by atoms with van der Waals surface area (Å²) in [6, 6.07) is 15.2. The number of nitrogens with one attached hydrogen (secondary N) is 3. The van der Waals surface area contributed by atoms with Gasteiger partial charge >= 0.3 is 0 Å². The van der Waals surface area contributed by atoms with Crippen molar-refractivity contribution in [3.8, 4) is 11.5 Å². The second kappa shape index (κ2) is 13.3. The first-order chi connectivity index (χ1) is 17.3. The molecule has 0 aliphatic heterocycles. The van der Waals surface area contributed by atoms with Crippen LogP contribution in [0, 0.1) is 11.3 Å². The topological polar surface area (TPSA) is 101 Å². The van der Waals surface area contributed by atoms with Crippen LogP contribution in [-0.2, 0) is 9.59 Å². The maximum Gasteiger partial charge on any atom is 0.216 e. The lowest BCUT2D eigenvalue weighted by Gasteiger charge is -2.13. The molecule has 0 spiro atoms. The third-order valence-electron chi connectivity index (χ3n) is 5.81. The third-order valence-corrected chi connectivity index (χ3v) is 5.81. The molecule has 0 aromatic heterocycles. The molecule has 36 heavy (non-hydrogen) atoms. The van der Waals surface area contributed by atoms with E-state index in [0.29, 0.717) is 24.0 Å². The standard InChI is InChI=1S/C29H35N3O4/c1-4-25(36-27-7-5-6-26(16-27)35-19-22-8-9-22)14-15-28(30)29(34)18-32-24-12-10-23(11-13-24)20(2)17-31-21(3)33/h4-7,10-16,20,22,30,32H,8-9,17-19H2,1-3H3,(H,31,33)/b15-14-,25-4+,30-28?. The number of amides is 1. The summed E-state index contributed by atoms with van der Waals surface area (Å²) < 4.78 is 11.7. The Hall–Kier alpha value is -3.87. The maximum atomic E-state index is 12.4. The predicted octanol–water partition coefficient (Wildman–Crippen LogP) is 5.25. The zero-order chi connectivity index (χ0) is 25.9. The molecule has 0 bridgehead atoms. The Kier molecular flexibility index (Phi) is 9.86. The molecule has 7 heteroatoms. The highest BCUT2D eigenvalue weighted by atomic mass is 16.5. The van der Waals surface area contributed by atoms with Crippen molar-refractivity contribution in [2.24, 2.45) is 5.92 Å². The molecule has 2 aromatic rings. The quantitative estimate of drug-likeness (QED) is 0.191. The van der Waals surface area contributed by atoms with Gasteiger partial charge in [0.15, 0.2) is 5.78 Å². The van der Waals surface area contributed by atoms with Gasteiger partial charge in [-0.15, -0.1) is 0 Å². The first-order valence-electron chi connectivity index (χ1n) is 12.3. The second-order valence-corrected chi connectivity index (χ2v) is 9.01. The van der Waals surface area contributed by atoms with Crippen LogP contribution in [0.25, 0.3) is 0 Å². The van der Waals surface area contributed by atoms with Crippen LogP contribution in [0.15, 0.2) is 72.5 Å². The largest absolute Gasteiger partial charge is 0.493 e. The zero-order valence-electron chi connectivity index (χ0n) is 21.2. The summed E-state index contributed by atoms with van der Waals surface area (Å²) in [4.78, 5) is 23.5. The fourth-order valence-corrected chi connectivity index (χ4v) is 3.33. The van der Waals surface area contributed by atoms with Crippen molar-refractivity contribution in [2.45, 2.75) is 39.5 Å². The van der Waals surface area contributed by atoms with Gasteiger partial charge in [-0.1, -0.05) is 25.1 Å². The van der Waals surface area contributed by atoms with Gasteiger partial charge in [0.25, 0.3) is 0 Å². The number of ether oxygens (including phenoxy) is 2. The van der Waals surface area contributed by atoms with Crippen LogP contribution < -0.4 is 20.1 Å². The number of carbonyl (C=O) groups is 2. The number of rotatable bonds is 14. The van der Waals surface area contributed by atoms with Crippen molar-refractivity contribution >= 4 is 23.1 Å². The minimum absolute atomic E-state index is 0.0103. The molecule has 1 saturated carbocycles. The molecule has 3 N–H and O–H groups in total. The van der Waals surface area contributed by atoms with Gasteiger partial charge in [0.1, 0.15) is 17.3 Å². The van der Waals surface area contributed by atoms with Gasteiger partial charge < -0.3 is 20.1 Å². The Morgan fingerprint density at radius 3 is 2.50 bits per heavy atom. The lowest BCUT2D eigenvalue weighted by atomic mass is 10.0. The second-order valence-electron chi connectivity index (χ2n) is 9.01. The highest BCUT2D eigenvalue weighted by molar-refractivity contribution is 6.44. The molecule has 1 aliphatic rings. The molecule has 0 heterocycles. The Labute approximate surface area is 213 Å². The molecular formula is C29H35N3O4. The zero-order valence-corrected chi connectivity index (χ0v) is 21.2. The summed E-state index contributed by atoms with van der Waals surface area (Å²) in [5, 5.41) is 14.0. The van der Waals surface area contributed by atoms with E-state index in [2.05, 4.69) is 10.6 Å². The summed E-state index contributed by atoms with van der Waals surface area (Å²) in [6.45, 7) is 6.69. The van der Waals surface area contributed by atoms with E-state index >= 15 is 0 Å². The molecule has 2 aromatic carbocycles. The number of carbonyl (C=O) groups excluding carboxylic acids is 2. The SMILES string of the molecule is C/C=C(\C=C/C(=N)C(=O)CNc1ccc(C(C)CNC(C)=O)cc1)Oc1cccc(OCC2CC2)c1. The van der Waals surface area contributed by atoms with E-state index in [4.69, 9.17) is 14.9 Å². The van der Waals surface area contributed by atoms with Crippen molar-refractivity contribution in [1.29, 1.82) is 5.41 Å². The highest BCUT2D eigenvalue weighted by Gasteiger charge is 2.21. The molecular weight excluding hydrogens is 454 g/mol. The van der Waals surface area contributed by atoms with Crippen molar-refractivity contribution < 1.29 is 19.1 Å². The van der Waals surface area contributed by atoms with E-state index in [1.54, 1.807) is 12.2 Å². The Morgan fingerprint density at radius 1 is 1.11 bits per heavy atom. The first kappa shape index (κ1) is 26.7. The van der Waals surface area contributed by atoms with Gasteiger partial charge in [0, 0.05) is 25.2 Å². The van der Waals surface area contributed by atoms with Gasteiger partial charge in [-0.25, -0.2) is 0 Å². The van der Waals surface area contributed by atoms with Crippen LogP contribution >= 0.6 is 0 Å². The summed E-state index contributed by atoms with van der Waals surface area (Å²) in [5.41, 5.74) is 1.76. The number of Topliss-reactive ketones (excluding diaryl/α,β-unsaturated/α-hetero) is 1. The van der Waals surface area contributed by atoms with Crippen molar-refractivity contribution in [3.63, 3.8) is 0 Å². The summed E-state index contributed by atoms with van der Waals surface area (Å²) in [7, 11) is 0. The lowest BCUT2D eigenvalue weighted by molar-refractivity contribution is -0.119. The molecule has 0 radical (unpaired) electrons. The van der Waals surface area contributed by atoms with E-state index in [1.807, 2.05) is 62.4 Å². The molecule has 0 saturated heterocycles. The van der Waals surface area contributed by atoms with Crippen LogP contribution in [0.3, 0.4) is 0 Å². The first-order valence-corrected chi connectivity index (χ1v) is 12.3. The number of hydrogen-bond donors (Lipinski definition) is 3. The molecule has 1 aliphatic carbocycles. The fraction of sp³-hybridized carbons (Fsp3) is 0.345. The van der Waals surface area contributed by atoms with E-state index in [9.17, 15) is 9.59 Å². The predicted molar refractivity (Wildman–Crippen MR) is 143 cm³/mol. The average Bonchev–Trinajstić information content (AvgIpc) is 3.72. The van der Waals surface area contributed by atoms with Gasteiger partial charge in [-0.3, -0.25) is 15.0 Å². The van der Waals surface area contributed by atoms with Gasteiger partial charge in [0.2, 0.25) is 5.91 Å². The summed E-state index contributed by atoms with van der Waals surface area (Å²) in [6.07, 6.45) is 7.30. The van der Waals surface area contributed by atoms with Crippen LogP contribution in [0.4, 0.5) is 5.69 Å². The number of allylic oxidation sites excluding steroid dienone is 3. The molecule has 1 atom stereocenters. The van der Waals surface area contributed by atoms with E-state index < -0.39 is 0 Å². The molecule has 1 amide bonds. The van der Waals surface area contributed by atoms with Crippen LogP contribution in [-0.4, -0.2) is 37.1 Å². The van der Waals surface area contributed by atoms with E-state index in [1.165, 1.54) is 25.8 Å². The third kappa shape index (κ3) is 9.06. The summed E-state index contributed by atoms with van der Waals surface area (Å²) >= 11 is 0. The van der Waals surface area contributed by atoms with Crippen LogP contribution in [0.1, 0.15) is 45.1 Å². The van der Waals surface area contributed by atoms with Crippen molar-refractivity contribution in [1.82, 2.24) is 5.32 Å². The number of hydrogen-bond acceptors (Lipinski definition) is 6. The molecule has 7 nitrogen and oxygen atoms in total. The minimum atomic E-state index is -0.333. The minimum Gasteiger partial charge on any atom is -0.493 e. The number of benzene rings is 2.